The van der Waals surface area contributed by atoms with Crippen LogP contribution in [0.2, 0.25) is 0 Å². The largest absolute Gasteiger partial charge is 0.374 e. The van der Waals surface area contributed by atoms with Crippen molar-refractivity contribution in [2.24, 2.45) is 0 Å². The first kappa shape index (κ1) is 52.5. The molecule has 0 aliphatic carbocycles. The molecule has 0 spiro atoms. The van der Waals surface area contributed by atoms with E-state index >= 15 is 0 Å². The Morgan fingerprint density at radius 3 is 1.16 bits per heavy atom. The number of ether oxygens (including phenoxy) is 10. The van der Waals surface area contributed by atoms with E-state index in [4.69, 9.17) is 47.4 Å². The summed E-state index contributed by atoms with van der Waals surface area (Å²) in [4.78, 5) is 0. The summed E-state index contributed by atoms with van der Waals surface area (Å²) in [5.74, 6) is 0. The van der Waals surface area contributed by atoms with E-state index in [-0.39, 0.29) is 52.9 Å². The Hall–Kier alpha value is -6.41. The van der Waals surface area contributed by atoms with Crippen molar-refractivity contribution in [1.29, 1.82) is 5.26 Å². The van der Waals surface area contributed by atoms with Crippen molar-refractivity contribution in [3.63, 3.8) is 0 Å². The molecule has 2 aliphatic rings. The smallest absolute Gasteiger partial charge is 0.187 e. The van der Waals surface area contributed by atoms with Crippen molar-refractivity contribution in [3.8, 4) is 6.07 Å². The highest BCUT2D eigenvalue weighted by Crippen LogP contribution is 2.36. The molecule has 2 saturated heterocycles. The normalized spacial score (nSPS) is 23.7. The summed E-state index contributed by atoms with van der Waals surface area (Å²) in [7, 11) is 0. The van der Waals surface area contributed by atoms with E-state index in [0.29, 0.717) is 17.7 Å². The molecule has 7 aromatic carbocycles. The number of benzene rings is 7. The van der Waals surface area contributed by atoms with Crippen molar-refractivity contribution >= 4 is 0 Å². The molecule has 2 aliphatic heterocycles. The van der Waals surface area contributed by atoms with Crippen molar-refractivity contribution < 1.29 is 52.5 Å². The third-order valence-electron chi connectivity index (χ3n) is 13.0. The van der Waals surface area contributed by atoms with Gasteiger partial charge < -0.3 is 52.5 Å². The monoisotopic (exact) mass is 997 g/mol. The highest BCUT2D eigenvalue weighted by molar-refractivity contribution is 5.37. The molecular weight excluding hydrogens is 935 g/mol. The lowest BCUT2D eigenvalue weighted by molar-refractivity contribution is -0.374. The first-order chi connectivity index (χ1) is 36.6. The van der Waals surface area contributed by atoms with Crippen molar-refractivity contribution in [2.75, 3.05) is 13.2 Å². The maximum absolute atomic E-state index is 12.0. The zero-order valence-electron chi connectivity index (χ0n) is 41.2. The molecule has 0 aromatic heterocycles. The average Bonchev–Trinajstić information content (AvgIpc) is 3.46. The summed E-state index contributed by atoms with van der Waals surface area (Å²) < 4.78 is 68.6. The maximum atomic E-state index is 12.0. The van der Waals surface area contributed by atoms with Crippen LogP contribution in [-0.4, -0.2) is 79.7 Å². The van der Waals surface area contributed by atoms with Gasteiger partial charge in [0.05, 0.1) is 71.1 Å². The second-order valence-electron chi connectivity index (χ2n) is 18.3. The number of aliphatic hydroxyl groups is 1. The highest BCUT2D eigenvalue weighted by atomic mass is 16.8. The number of nitriles is 1. The number of rotatable bonds is 25. The van der Waals surface area contributed by atoms with Gasteiger partial charge in [0.2, 0.25) is 0 Å². The Morgan fingerprint density at radius 1 is 0.365 bits per heavy atom. The van der Waals surface area contributed by atoms with Gasteiger partial charge in [0.25, 0.3) is 0 Å². The molecule has 0 unspecified atom stereocenters. The van der Waals surface area contributed by atoms with Gasteiger partial charge in [-0.2, -0.15) is 5.26 Å². The van der Waals surface area contributed by atoms with Gasteiger partial charge in [0.15, 0.2) is 12.6 Å². The Kier molecular flexibility index (Phi) is 19.7. The summed E-state index contributed by atoms with van der Waals surface area (Å²) in [6.07, 6.45) is -10.0. The number of nitrogens with zero attached hydrogens (tertiary/aromatic N) is 1. The van der Waals surface area contributed by atoms with Crippen LogP contribution in [0.3, 0.4) is 0 Å². The molecule has 382 valence electrons. The lowest BCUT2D eigenvalue weighted by atomic mass is 9.95. The fraction of sp³-hybridized carbons (Fsp3) is 0.306. The van der Waals surface area contributed by atoms with Crippen molar-refractivity contribution in [1.82, 2.24) is 0 Å². The molecule has 2 heterocycles. The second kappa shape index (κ2) is 27.8. The molecule has 74 heavy (non-hydrogen) atoms. The van der Waals surface area contributed by atoms with Crippen LogP contribution in [0.1, 0.15) is 44.5 Å². The summed E-state index contributed by atoms with van der Waals surface area (Å²) in [5, 5.41) is 22.2. The molecule has 12 heteroatoms. The predicted molar refractivity (Wildman–Crippen MR) is 276 cm³/mol. The van der Waals surface area contributed by atoms with E-state index in [1.165, 1.54) is 0 Å². The molecule has 0 amide bonds. The molecule has 9 rings (SSSR count). The van der Waals surface area contributed by atoms with Gasteiger partial charge in [-0.1, -0.05) is 200 Å². The zero-order valence-corrected chi connectivity index (χ0v) is 41.2. The topological polar surface area (TPSA) is 136 Å². The SMILES string of the molecule is N#Cc1ccccc1CO[C@H]1[C@H](O[C@H]2[C@H](OCc3ccccc3)[C@@H](OCc3ccccc3)[C@@H](O)O[C@@H]2COCc2ccccc2)O[C@H](COCc2ccccc2)[C@@H](OCc2ccccc2)[C@@H]1OCc1ccccc1. The molecule has 10 atom stereocenters. The molecule has 2 fully saturated rings. The van der Waals surface area contributed by atoms with Crippen molar-refractivity contribution in [2.45, 2.75) is 108 Å². The lowest BCUT2D eigenvalue weighted by Gasteiger charge is -2.49. The van der Waals surface area contributed by atoms with Gasteiger partial charge in [0.1, 0.15) is 48.8 Å². The van der Waals surface area contributed by atoms with Gasteiger partial charge in [-0.05, 0) is 45.0 Å². The first-order valence-corrected chi connectivity index (χ1v) is 25.2. The molecule has 12 nitrogen and oxygen atoms in total. The molecular formula is C62H63NO11. The third-order valence-corrected chi connectivity index (χ3v) is 13.0. The maximum Gasteiger partial charge on any atom is 0.187 e. The van der Waals surface area contributed by atoms with Gasteiger partial charge in [0, 0.05) is 0 Å². The molecule has 0 radical (unpaired) electrons. The third kappa shape index (κ3) is 14.9. The summed E-state index contributed by atoms with van der Waals surface area (Å²) in [6.45, 7) is 1.41. The van der Waals surface area contributed by atoms with E-state index < -0.39 is 61.4 Å². The van der Waals surface area contributed by atoms with E-state index in [2.05, 4.69) is 6.07 Å². The summed E-state index contributed by atoms with van der Waals surface area (Å²) >= 11 is 0. The number of hydrogen-bond acceptors (Lipinski definition) is 12. The predicted octanol–water partition coefficient (Wildman–Crippen LogP) is 10.0. The van der Waals surface area contributed by atoms with Gasteiger partial charge in [-0.15, -0.1) is 0 Å². The van der Waals surface area contributed by atoms with E-state index in [0.717, 1.165) is 33.4 Å². The van der Waals surface area contributed by atoms with Crippen LogP contribution >= 0.6 is 0 Å². The van der Waals surface area contributed by atoms with Crippen LogP contribution in [-0.2, 0) is 93.6 Å². The molecule has 0 bridgehead atoms. The van der Waals surface area contributed by atoms with Crippen LogP contribution in [0.4, 0.5) is 0 Å². The Morgan fingerprint density at radius 2 is 0.716 bits per heavy atom. The summed E-state index contributed by atoms with van der Waals surface area (Å²) in [5.41, 5.74) is 6.76. The zero-order chi connectivity index (χ0) is 50.6. The minimum absolute atomic E-state index is 0.00136. The van der Waals surface area contributed by atoms with Gasteiger partial charge >= 0.3 is 0 Å². The minimum Gasteiger partial charge on any atom is -0.374 e. The lowest BCUT2D eigenvalue weighted by Crippen LogP contribution is -2.66. The Labute approximate surface area is 433 Å². The fourth-order valence-electron chi connectivity index (χ4n) is 9.15. The Balaban J connectivity index is 1.11. The second-order valence-corrected chi connectivity index (χ2v) is 18.3. The van der Waals surface area contributed by atoms with Gasteiger partial charge in [-0.25, -0.2) is 0 Å². The van der Waals surface area contributed by atoms with Gasteiger partial charge in [-0.3, -0.25) is 0 Å². The Bertz CT molecular complexity index is 2720. The quantitative estimate of drug-likeness (QED) is 0.0584. The fourth-order valence-corrected chi connectivity index (χ4v) is 9.15. The van der Waals surface area contributed by atoms with E-state index in [9.17, 15) is 10.4 Å². The van der Waals surface area contributed by atoms with E-state index in [1.807, 2.05) is 200 Å². The van der Waals surface area contributed by atoms with Crippen molar-refractivity contribution in [3.05, 3.63) is 251 Å². The average molecular weight is 998 g/mol. The van der Waals surface area contributed by atoms with Crippen LogP contribution in [0.15, 0.2) is 206 Å². The number of aliphatic hydroxyl groups excluding tert-OH is 1. The van der Waals surface area contributed by atoms with Crippen LogP contribution in [0.25, 0.3) is 0 Å². The minimum atomic E-state index is -1.44. The molecule has 0 saturated carbocycles. The molecule has 1 N–H and O–H groups in total. The highest BCUT2D eigenvalue weighted by Gasteiger charge is 2.54. The summed E-state index contributed by atoms with van der Waals surface area (Å²) in [6, 6.07) is 68.7. The van der Waals surface area contributed by atoms with Crippen LogP contribution in [0, 0.1) is 11.3 Å². The number of hydrogen-bond donors (Lipinski definition) is 1. The standard InChI is InChI=1S/C62H63NO11/c63-35-51-33-19-20-34-52(51)42-71-60-57(68-39-48-27-13-4-14-28-48)55(67-38-47-25-11-3-12-26-47)53(43-65-36-45-21-7-1-8-22-45)73-62(60)74-56-54(44-66-37-46-23-9-2-10-24-46)72-61(64)59(70-41-50-31-17-6-18-32-50)58(56)69-40-49-29-15-5-16-30-49/h1-34,53-62,64H,36-44H2/t53-,54-,55-,56-,57+,58+,59-,60-,61+,62+/m1/s1. The van der Waals surface area contributed by atoms with Crippen LogP contribution < -0.4 is 0 Å². The first-order valence-electron chi connectivity index (χ1n) is 25.2. The van der Waals surface area contributed by atoms with E-state index in [1.54, 1.807) is 6.07 Å². The molecule has 7 aromatic rings. The van der Waals surface area contributed by atoms with Crippen LogP contribution in [0.5, 0.6) is 0 Å².